The fourth-order valence-corrected chi connectivity index (χ4v) is 2.53. The molecule has 2 rings (SSSR count). The van der Waals surface area contributed by atoms with Crippen molar-refractivity contribution in [2.45, 2.75) is 31.7 Å². The summed E-state index contributed by atoms with van der Waals surface area (Å²) in [5, 5.41) is 31.3. The Bertz CT molecular complexity index is 821. The van der Waals surface area contributed by atoms with Crippen molar-refractivity contribution >= 4 is 17.8 Å². The second kappa shape index (κ2) is 10.9. The van der Waals surface area contributed by atoms with E-state index in [-0.39, 0.29) is 31.8 Å². The van der Waals surface area contributed by atoms with E-state index in [1.54, 1.807) is 0 Å². The molecular weight excluding hydrogens is 378 g/mol. The number of ether oxygens (including phenoxy) is 1. The van der Waals surface area contributed by atoms with Crippen LogP contribution >= 0.6 is 0 Å². The highest BCUT2D eigenvalue weighted by Gasteiger charge is 2.20. The van der Waals surface area contributed by atoms with Crippen molar-refractivity contribution in [2.75, 3.05) is 6.54 Å². The molecule has 0 spiro atoms. The number of aliphatic hydroxyl groups is 2. The summed E-state index contributed by atoms with van der Waals surface area (Å²) in [6.45, 7) is -0.142. The maximum atomic E-state index is 11.9. The molecule has 0 fully saturated rings. The van der Waals surface area contributed by atoms with Crippen LogP contribution in [0, 0.1) is 0 Å². The Morgan fingerprint density at radius 1 is 0.931 bits per heavy atom. The molecule has 8 nitrogen and oxygen atoms in total. The lowest BCUT2D eigenvalue weighted by Crippen LogP contribution is -2.35. The maximum Gasteiger partial charge on any atom is 0.407 e. The quantitative estimate of drug-likeness (QED) is 0.448. The van der Waals surface area contributed by atoms with Gasteiger partial charge in [-0.2, -0.15) is 0 Å². The molecule has 0 radical (unpaired) electrons. The standard InChI is InChI=1S/C21H23NO7/c23-17(10-11-19(25)26)15-6-8-16(9-7-15)20(27)18(24)12-22-21(28)29-13-14-4-2-1-3-5-14/h1-9,18,20,24,27H,10-13H2,(H,22,28)(H,25,26). The van der Waals surface area contributed by atoms with Gasteiger partial charge in [-0.1, -0.05) is 54.6 Å². The van der Waals surface area contributed by atoms with Crippen LogP contribution in [0.4, 0.5) is 4.79 Å². The minimum Gasteiger partial charge on any atom is -0.481 e. The van der Waals surface area contributed by atoms with Crippen LogP contribution in [0.15, 0.2) is 54.6 Å². The van der Waals surface area contributed by atoms with Crippen LogP contribution < -0.4 is 5.32 Å². The molecule has 0 bridgehead atoms. The molecule has 1 amide bonds. The van der Waals surface area contributed by atoms with Gasteiger partial charge in [-0.15, -0.1) is 0 Å². The van der Waals surface area contributed by atoms with E-state index in [2.05, 4.69) is 5.32 Å². The predicted octanol–water partition coefficient (Wildman–Crippen LogP) is 2.05. The van der Waals surface area contributed by atoms with E-state index in [0.29, 0.717) is 11.1 Å². The number of alkyl carbamates (subject to hydrolysis) is 1. The van der Waals surface area contributed by atoms with Crippen LogP contribution in [0.1, 0.15) is 40.4 Å². The Balaban J connectivity index is 1.79. The molecule has 2 aromatic rings. The molecule has 0 saturated carbocycles. The molecule has 2 aromatic carbocycles. The summed E-state index contributed by atoms with van der Waals surface area (Å²) in [5.41, 5.74) is 1.49. The second-order valence-corrected chi connectivity index (χ2v) is 6.39. The van der Waals surface area contributed by atoms with E-state index in [4.69, 9.17) is 9.84 Å². The van der Waals surface area contributed by atoms with E-state index in [1.165, 1.54) is 24.3 Å². The zero-order chi connectivity index (χ0) is 21.2. The highest BCUT2D eigenvalue weighted by Crippen LogP contribution is 2.18. The Morgan fingerprint density at radius 3 is 2.21 bits per heavy atom. The average Bonchev–Trinajstić information content (AvgIpc) is 2.74. The lowest BCUT2D eigenvalue weighted by Gasteiger charge is -2.19. The molecule has 0 saturated heterocycles. The van der Waals surface area contributed by atoms with Crippen LogP contribution in [-0.4, -0.2) is 45.8 Å². The zero-order valence-electron chi connectivity index (χ0n) is 15.7. The van der Waals surface area contributed by atoms with Crippen molar-refractivity contribution in [1.82, 2.24) is 5.32 Å². The number of nitrogens with one attached hydrogen (secondary N) is 1. The molecule has 4 N–H and O–H groups in total. The Hall–Kier alpha value is -3.23. The van der Waals surface area contributed by atoms with Crippen molar-refractivity contribution in [1.29, 1.82) is 0 Å². The van der Waals surface area contributed by atoms with Crippen molar-refractivity contribution in [3.8, 4) is 0 Å². The van der Waals surface area contributed by atoms with E-state index in [1.807, 2.05) is 30.3 Å². The minimum atomic E-state index is -1.28. The van der Waals surface area contributed by atoms with Gasteiger partial charge in [0.25, 0.3) is 0 Å². The first kappa shape index (κ1) is 22.1. The molecule has 0 aliphatic rings. The summed E-state index contributed by atoms with van der Waals surface area (Å²) in [6, 6.07) is 15.0. The highest BCUT2D eigenvalue weighted by molar-refractivity contribution is 5.97. The Morgan fingerprint density at radius 2 is 1.59 bits per heavy atom. The number of aliphatic carboxylic acids is 1. The van der Waals surface area contributed by atoms with Gasteiger partial charge in [-0.05, 0) is 11.1 Å². The minimum absolute atomic E-state index is 0.0860. The lowest BCUT2D eigenvalue weighted by molar-refractivity contribution is -0.136. The fourth-order valence-electron chi connectivity index (χ4n) is 2.53. The predicted molar refractivity (Wildman–Crippen MR) is 103 cm³/mol. The summed E-state index contributed by atoms with van der Waals surface area (Å²) >= 11 is 0. The molecule has 154 valence electrons. The topological polar surface area (TPSA) is 133 Å². The first-order valence-corrected chi connectivity index (χ1v) is 9.02. The molecular formula is C21H23NO7. The van der Waals surface area contributed by atoms with Crippen LogP contribution in [-0.2, 0) is 16.1 Å². The molecule has 0 heterocycles. The number of rotatable bonds is 10. The number of carboxylic acids is 1. The number of hydrogen-bond acceptors (Lipinski definition) is 6. The summed E-state index contributed by atoms with van der Waals surface area (Å²) in [4.78, 5) is 34.1. The Labute approximate surface area is 167 Å². The van der Waals surface area contributed by atoms with Gasteiger partial charge in [0, 0.05) is 18.5 Å². The molecule has 2 atom stereocenters. The summed E-state index contributed by atoms with van der Waals surface area (Å²) < 4.78 is 5.02. The van der Waals surface area contributed by atoms with Crippen molar-refractivity contribution in [3.05, 3.63) is 71.3 Å². The van der Waals surface area contributed by atoms with Crippen molar-refractivity contribution < 1.29 is 34.4 Å². The maximum absolute atomic E-state index is 11.9. The molecule has 8 heteroatoms. The molecule has 29 heavy (non-hydrogen) atoms. The van der Waals surface area contributed by atoms with E-state index in [9.17, 15) is 24.6 Å². The largest absolute Gasteiger partial charge is 0.481 e. The number of amides is 1. The lowest BCUT2D eigenvalue weighted by atomic mass is 10.00. The third kappa shape index (κ3) is 7.36. The number of carbonyl (C=O) groups is 3. The Kier molecular flexibility index (Phi) is 8.32. The number of carboxylic acid groups (broad SMARTS) is 1. The van der Waals surface area contributed by atoms with Gasteiger partial charge in [0.15, 0.2) is 5.78 Å². The van der Waals surface area contributed by atoms with Gasteiger partial charge in [-0.25, -0.2) is 4.79 Å². The van der Waals surface area contributed by atoms with Crippen molar-refractivity contribution in [2.24, 2.45) is 0 Å². The normalized spacial score (nSPS) is 12.6. The third-order valence-corrected chi connectivity index (χ3v) is 4.17. The van der Waals surface area contributed by atoms with Crippen LogP contribution in [0.25, 0.3) is 0 Å². The van der Waals surface area contributed by atoms with Crippen molar-refractivity contribution in [3.63, 3.8) is 0 Å². The summed E-state index contributed by atoms with van der Waals surface area (Å²) in [7, 11) is 0. The monoisotopic (exact) mass is 401 g/mol. The number of benzene rings is 2. The van der Waals surface area contributed by atoms with E-state index >= 15 is 0 Å². The molecule has 0 aliphatic heterocycles. The van der Waals surface area contributed by atoms with Crippen LogP contribution in [0.5, 0.6) is 0 Å². The van der Waals surface area contributed by atoms with Gasteiger partial charge in [0.1, 0.15) is 18.8 Å². The van der Waals surface area contributed by atoms with E-state index < -0.39 is 24.3 Å². The number of carbonyl (C=O) groups excluding carboxylic acids is 2. The number of aliphatic hydroxyl groups excluding tert-OH is 2. The average molecular weight is 401 g/mol. The van der Waals surface area contributed by atoms with Crippen LogP contribution in [0.2, 0.25) is 0 Å². The van der Waals surface area contributed by atoms with Gasteiger partial charge in [0.05, 0.1) is 6.42 Å². The number of hydrogen-bond donors (Lipinski definition) is 4. The van der Waals surface area contributed by atoms with Gasteiger partial charge in [0.2, 0.25) is 0 Å². The molecule has 0 aliphatic carbocycles. The first-order chi connectivity index (χ1) is 13.9. The fraction of sp³-hybridized carbons (Fsp3) is 0.286. The third-order valence-electron chi connectivity index (χ3n) is 4.17. The number of ketones is 1. The second-order valence-electron chi connectivity index (χ2n) is 6.39. The molecule has 2 unspecified atom stereocenters. The summed E-state index contributed by atoms with van der Waals surface area (Å²) in [6.07, 6.45) is -3.66. The summed E-state index contributed by atoms with van der Waals surface area (Å²) in [5.74, 6) is -1.37. The van der Waals surface area contributed by atoms with Gasteiger partial charge in [-0.3, -0.25) is 9.59 Å². The highest BCUT2D eigenvalue weighted by atomic mass is 16.5. The van der Waals surface area contributed by atoms with E-state index in [0.717, 1.165) is 5.56 Å². The first-order valence-electron chi connectivity index (χ1n) is 9.02. The van der Waals surface area contributed by atoms with Gasteiger partial charge < -0.3 is 25.4 Å². The SMILES string of the molecule is O=C(O)CCC(=O)c1ccc(C(O)C(O)CNC(=O)OCc2ccccc2)cc1. The zero-order valence-corrected chi connectivity index (χ0v) is 15.7. The van der Waals surface area contributed by atoms with Gasteiger partial charge >= 0.3 is 12.1 Å². The molecule has 0 aromatic heterocycles. The van der Waals surface area contributed by atoms with Crippen LogP contribution in [0.3, 0.4) is 0 Å². The smallest absolute Gasteiger partial charge is 0.407 e. The number of Topliss-reactive ketones (excluding diaryl/α,β-unsaturated/α-hetero) is 1.